The first kappa shape index (κ1) is 21.9. The first-order valence-corrected chi connectivity index (χ1v) is 12.6. The van der Waals surface area contributed by atoms with Crippen LogP contribution in [0.25, 0.3) is 10.2 Å². The molecule has 0 spiro atoms. The van der Waals surface area contributed by atoms with Crippen LogP contribution in [0.1, 0.15) is 23.4 Å². The van der Waals surface area contributed by atoms with Gasteiger partial charge in [0.25, 0.3) is 0 Å². The number of rotatable bonds is 8. The molecule has 0 bridgehead atoms. The second kappa shape index (κ2) is 9.86. The van der Waals surface area contributed by atoms with Gasteiger partial charge in [0.1, 0.15) is 0 Å². The van der Waals surface area contributed by atoms with Gasteiger partial charge in [-0.2, -0.15) is 4.31 Å². The Balaban J connectivity index is 1.32. The maximum atomic E-state index is 13.0. The van der Waals surface area contributed by atoms with Crippen molar-refractivity contribution in [1.82, 2.24) is 14.6 Å². The van der Waals surface area contributed by atoms with Gasteiger partial charge in [-0.1, -0.05) is 30.3 Å². The summed E-state index contributed by atoms with van der Waals surface area (Å²) < 4.78 is 33.9. The second-order valence-electron chi connectivity index (χ2n) is 7.33. The van der Waals surface area contributed by atoms with Crippen LogP contribution in [-0.2, 0) is 32.5 Å². The molecule has 3 aromatic rings. The van der Waals surface area contributed by atoms with E-state index in [0.717, 1.165) is 21.6 Å². The summed E-state index contributed by atoms with van der Waals surface area (Å²) >= 11 is 1.65. The number of morpholine rings is 1. The zero-order valence-electron chi connectivity index (χ0n) is 17.1. The highest BCUT2D eigenvalue weighted by atomic mass is 32.2. The number of ether oxygens (including phenoxy) is 1. The SMILES string of the molecule is O=C(CCCc1nc2ccccc2s1)NCc1ccccc1S(=O)(=O)N1CCOCC1. The summed E-state index contributed by atoms with van der Waals surface area (Å²) in [5, 5.41) is 3.89. The predicted molar refractivity (Wildman–Crippen MR) is 120 cm³/mol. The lowest BCUT2D eigenvalue weighted by atomic mass is 10.2. The van der Waals surface area contributed by atoms with Crippen LogP contribution >= 0.6 is 11.3 Å². The first-order chi connectivity index (χ1) is 15.0. The monoisotopic (exact) mass is 459 g/mol. The van der Waals surface area contributed by atoms with E-state index in [1.807, 2.05) is 24.3 Å². The molecule has 0 aliphatic carbocycles. The molecule has 2 aromatic carbocycles. The molecule has 7 nitrogen and oxygen atoms in total. The van der Waals surface area contributed by atoms with Gasteiger partial charge in [0.05, 0.1) is 33.3 Å². The standard InChI is InChI=1S/C22H25N3O4S2/c26-21(10-5-11-22-24-18-7-2-3-8-19(18)30-22)23-16-17-6-1-4-9-20(17)31(27,28)25-12-14-29-15-13-25/h1-4,6-9H,5,10-16H2,(H,23,26). The van der Waals surface area contributed by atoms with Crippen molar-refractivity contribution in [1.29, 1.82) is 0 Å². The molecule has 1 saturated heterocycles. The molecular formula is C22H25N3O4S2. The minimum atomic E-state index is -3.61. The van der Waals surface area contributed by atoms with E-state index >= 15 is 0 Å². The van der Waals surface area contributed by atoms with Crippen LogP contribution in [0.4, 0.5) is 0 Å². The number of aryl methyl sites for hydroxylation is 1. The summed E-state index contributed by atoms with van der Waals surface area (Å²) in [6.45, 7) is 1.66. The van der Waals surface area contributed by atoms with Gasteiger partial charge in [-0.3, -0.25) is 4.79 Å². The maximum Gasteiger partial charge on any atom is 0.243 e. The summed E-state index contributed by atoms with van der Waals surface area (Å²) in [6, 6.07) is 14.8. The van der Waals surface area contributed by atoms with E-state index in [9.17, 15) is 13.2 Å². The van der Waals surface area contributed by atoms with E-state index in [1.165, 1.54) is 4.31 Å². The largest absolute Gasteiger partial charge is 0.379 e. The molecule has 1 amide bonds. The Labute approximate surface area is 186 Å². The number of thiazole rings is 1. The topological polar surface area (TPSA) is 88.6 Å². The molecule has 31 heavy (non-hydrogen) atoms. The number of hydrogen-bond acceptors (Lipinski definition) is 6. The number of nitrogens with zero attached hydrogens (tertiary/aromatic N) is 2. The van der Waals surface area contributed by atoms with Gasteiger partial charge in [-0.05, 0) is 36.6 Å². The molecule has 164 valence electrons. The third-order valence-corrected chi connectivity index (χ3v) is 8.26. The molecule has 1 aliphatic heterocycles. The highest BCUT2D eigenvalue weighted by Crippen LogP contribution is 2.23. The summed E-state index contributed by atoms with van der Waals surface area (Å²) in [7, 11) is -3.61. The number of benzene rings is 2. The third-order valence-electron chi connectivity index (χ3n) is 5.17. The van der Waals surface area contributed by atoms with Gasteiger partial charge in [0.15, 0.2) is 0 Å². The van der Waals surface area contributed by atoms with E-state index in [4.69, 9.17) is 4.74 Å². The molecule has 0 radical (unpaired) electrons. The molecule has 9 heteroatoms. The summed E-state index contributed by atoms with van der Waals surface area (Å²) in [6.07, 6.45) is 1.81. The lowest BCUT2D eigenvalue weighted by Gasteiger charge is -2.27. The van der Waals surface area contributed by atoms with Crippen molar-refractivity contribution in [2.75, 3.05) is 26.3 Å². The van der Waals surface area contributed by atoms with Crippen molar-refractivity contribution in [3.8, 4) is 0 Å². The predicted octanol–water partition coefficient (Wildman–Crippen LogP) is 2.96. The quantitative estimate of drug-likeness (QED) is 0.560. The molecular weight excluding hydrogens is 434 g/mol. The molecule has 2 heterocycles. The van der Waals surface area contributed by atoms with E-state index in [-0.39, 0.29) is 17.3 Å². The van der Waals surface area contributed by atoms with Crippen molar-refractivity contribution >= 4 is 37.5 Å². The Morgan fingerprint density at radius 3 is 2.65 bits per heavy atom. The molecule has 1 aromatic heterocycles. The number of hydrogen-bond donors (Lipinski definition) is 1. The smallest absolute Gasteiger partial charge is 0.243 e. The molecule has 0 atom stereocenters. The van der Waals surface area contributed by atoms with Gasteiger partial charge in [0.2, 0.25) is 15.9 Å². The fourth-order valence-corrected chi connectivity index (χ4v) is 6.18. The number of para-hydroxylation sites is 1. The third kappa shape index (κ3) is 5.30. The van der Waals surface area contributed by atoms with E-state index in [2.05, 4.69) is 10.3 Å². The fourth-order valence-electron chi connectivity index (χ4n) is 3.54. The van der Waals surface area contributed by atoms with Crippen molar-refractivity contribution in [2.45, 2.75) is 30.7 Å². The van der Waals surface area contributed by atoms with E-state index in [1.54, 1.807) is 35.6 Å². The van der Waals surface area contributed by atoms with Crippen LogP contribution < -0.4 is 5.32 Å². The summed E-state index contributed by atoms with van der Waals surface area (Å²) in [4.78, 5) is 17.2. The Morgan fingerprint density at radius 2 is 1.84 bits per heavy atom. The van der Waals surface area contributed by atoms with E-state index < -0.39 is 10.0 Å². The molecule has 4 rings (SSSR count). The number of carbonyl (C=O) groups is 1. The van der Waals surface area contributed by atoms with Gasteiger partial charge >= 0.3 is 0 Å². The minimum absolute atomic E-state index is 0.0975. The molecule has 0 saturated carbocycles. The van der Waals surface area contributed by atoms with Crippen LogP contribution in [0, 0.1) is 0 Å². The normalized spacial score (nSPS) is 15.2. The van der Waals surface area contributed by atoms with Crippen LogP contribution in [0.15, 0.2) is 53.4 Å². The highest BCUT2D eigenvalue weighted by Gasteiger charge is 2.28. The van der Waals surface area contributed by atoms with Gasteiger partial charge in [-0.25, -0.2) is 13.4 Å². The summed E-state index contributed by atoms with van der Waals surface area (Å²) in [5.41, 5.74) is 1.58. The lowest BCUT2D eigenvalue weighted by molar-refractivity contribution is -0.121. The van der Waals surface area contributed by atoms with Gasteiger partial charge < -0.3 is 10.1 Å². The summed E-state index contributed by atoms with van der Waals surface area (Å²) in [5.74, 6) is -0.0975. The zero-order valence-corrected chi connectivity index (χ0v) is 18.8. The van der Waals surface area contributed by atoms with Gasteiger partial charge in [0, 0.05) is 26.1 Å². The lowest BCUT2D eigenvalue weighted by Crippen LogP contribution is -2.41. The number of sulfonamides is 1. The zero-order chi connectivity index (χ0) is 21.7. The molecule has 1 aliphatic rings. The van der Waals surface area contributed by atoms with Crippen molar-refractivity contribution in [3.05, 3.63) is 59.1 Å². The average molecular weight is 460 g/mol. The Bertz CT molecular complexity index is 1120. The van der Waals surface area contributed by atoms with Crippen molar-refractivity contribution < 1.29 is 17.9 Å². The van der Waals surface area contributed by atoms with Gasteiger partial charge in [-0.15, -0.1) is 11.3 Å². The number of fused-ring (bicyclic) bond motifs is 1. The van der Waals surface area contributed by atoms with Crippen LogP contribution in [0.3, 0.4) is 0 Å². The first-order valence-electron chi connectivity index (χ1n) is 10.3. The average Bonchev–Trinajstić information content (AvgIpc) is 3.21. The minimum Gasteiger partial charge on any atom is -0.379 e. The van der Waals surface area contributed by atoms with Crippen molar-refractivity contribution in [2.24, 2.45) is 0 Å². The van der Waals surface area contributed by atoms with Crippen LogP contribution in [0.2, 0.25) is 0 Å². The molecule has 1 N–H and O–H groups in total. The Hall–Kier alpha value is -2.33. The Kier molecular flexibility index (Phi) is 6.96. The second-order valence-corrected chi connectivity index (χ2v) is 10.4. The van der Waals surface area contributed by atoms with Crippen LogP contribution in [0.5, 0.6) is 0 Å². The number of amides is 1. The van der Waals surface area contributed by atoms with Crippen LogP contribution in [-0.4, -0.2) is 49.9 Å². The Morgan fingerprint density at radius 1 is 1.10 bits per heavy atom. The number of nitrogens with one attached hydrogen (secondary N) is 1. The van der Waals surface area contributed by atoms with E-state index in [0.29, 0.717) is 44.7 Å². The fraction of sp³-hybridized carbons (Fsp3) is 0.364. The highest BCUT2D eigenvalue weighted by molar-refractivity contribution is 7.89. The van der Waals surface area contributed by atoms with Crippen molar-refractivity contribution in [3.63, 3.8) is 0 Å². The number of carbonyl (C=O) groups excluding carboxylic acids is 1. The number of aromatic nitrogens is 1. The molecule has 1 fully saturated rings. The molecule has 0 unspecified atom stereocenters. The maximum absolute atomic E-state index is 13.0.